The Kier molecular flexibility index (Phi) is 7.11. The number of ether oxygens (including phenoxy) is 1. The van der Waals surface area contributed by atoms with Crippen molar-refractivity contribution in [2.24, 2.45) is 0 Å². The molecule has 2 nitrogen and oxygen atoms in total. The molecule has 0 heterocycles. The van der Waals surface area contributed by atoms with Gasteiger partial charge in [-0.05, 0) is 11.8 Å². The summed E-state index contributed by atoms with van der Waals surface area (Å²) < 4.78 is 4.60. The van der Waals surface area contributed by atoms with Gasteiger partial charge in [0.15, 0.2) is 0 Å². The topological polar surface area (TPSA) is 26.3 Å². The van der Waals surface area contributed by atoms with Crippen molar-refractivity contribution in [3.05, 3.63) is 36.3 Å². The number of carbonyl (C=O) groups is 1. The minimum absolute atomic E-state index is 0.295. The molecule has 0 aliphatic heterocycles. The standard InChI is InChI=1S/C10H14O2S/c1-4-6-9(10(11)12-3)8-13-7-5-2/h4-5,8H,1-2,6-7H2,3H3/b9-8+. The normalized spacial score (nSPS) is 10.7. The van der Waals surface area contributed by atoms with Crippen molar-refractivity contribution in [2.45, 2.75) is 6.42 Å². The lowest BCUT2D eigenvalue weighted by Gasteiger charge is -2.00. The SMILES string of the molecule is C=CCS/C=C(\CC=C)C(=O)OC. The van der Waals surface area contributed by atoms with E-state index in [-0.39, 0.29) is 5.97 Å². The number of methoxy groups -OCH3 is 1. The van der Waals surface area contributed by atoms with Crippen molar-refractivity contribution in [3.63, 3.8) is 0 Å². The predicted octanol–water partition coefficient (Wildman–Crippen LogP) is 2.54. The van der Waals surface area contributed by atoms with Crippen molar-refractivity contribution in [2.75, 3.05) is 12.9 Å². The van der Waals surface area contributed by atoms with E-state index in [1.165, 1.54) is 18.9 Å². The van der Waals surface area contributed by atoms with E-state index < -0.39 is 0 Å². The Morgan fingerprint density at radius 3 is 2.62 bits per heavy atom. The molecule has 13 heavy (non-hydrogen) atoms. The zero-order chi connectivity index (χ0) is 10.1. The number of hydrogen-bond acceptors (Lipinski definition) is 3. The summed E-state index contributed by atoms with van der Waals surface area (Å²) in [4.78, 5) is 11.1. The van der Waals surface area contributed by atoms with E-state index >= 15 is 0 Å². The third-order valence-corrected chi connectivity index (χ3v) is 2.13. The third kappa shape index (κ3) is 5.31. The van der Waals surface area contributed by atoms with Gasteiger partial charge in [0, 0.05) is 11.3 Å². The second-order valence-electron chi connectivity index (χ2n) is 2.25. The van der Waals surface area contributed by atoms with E-state index in [0.717, 1.165) is 5.75 Å². The number of allylic oxidation sites excluding steroid dienone is 1. The van der Waals surface area contributed by atoms with Crippen LogP contribution in [0.15, 0.2) is 36.3 Å². The molecule has 0 aromatic rings. The van der Waals surface area contributed by atoms with E-state index in [4.69, 9.17) is 0 Å². The molecule has 0 aliphatic carbocycles. The molecule has 0 N–H and O–H groups in total. The Morgan fingerprint density at radius 1 is 1.46 bits per heavy atom. The van der Waals surface area contributed by atoms with Crippen LogP contribution in [0.2, 0.25) is 0 Å². The van der Waals surface area contributed by atoms with Crippen LogP contribution in [0.1, 0.15) is 6.42 Å². The number of carbonyl (C=O) groups excluding carboxylic acids is 1. The van der Waals surface area contributed by atoms with Crippen molar-refractivity contribution in [3.8, 4) is 0 Å². The molecule has 0 unspecified atom stereocenters. The quantitative estimate of drug-likeness (QED) is 0.284. The summed E-state index contributed by atoms with van der Waals surface area (Å²) >= 11 is 1.52. The molecule has 0 saturated carbocycles. The molecular formula is C10H14O2S. The summed E-state index contributed by atoms with van der Waals surface area (Å²) in [5.41, 5.74) is 0.629. The Hall–Kier alpha value is -0.960. The van der Waals surface area contributed by atoms with E-state index in [1.807, 2.05) is 0 Å². The second kappa shape index (κ2) is 7.68. The van der Waals surface area contributed by atoms with Crippen molar-refractivity contribution in [1.82, 2.24) is 0 Å². The first-order valence-corrected chi connectivity index (χ1v) is 4.91. The maximum atomic E-state index is 11.1. The van der Waals surface area contributed by atoms with Crippen LogP contribution in [0.4, 0.5) is 0 Å². The fourth-order valence-electron chi connectivity index (χ4n) is 0.683. The molecule has 0 bridgehead atoms. The maximum absolute atomic E-state index is 11.1. The zero-order valence-electron chi connectivity index (χ0n) is 7.79. The Balaban J connectivity index is 4.20. The van der Waals surface area contributed by atoms with Crippen LogP contribution >= 0.6 is 11.8 Å². The molecule has 0 saturated heterocycles. The van der Waals surface area contributed by atoms with Crippen LogP contribution in [0.5, 0.6) is 0 Å². The first-order valence-electron chi connectivity index (χ1n) is 3.87. The summed E-state index contributed by atoms with van der Waals surface area (Å²) in [6, 6.07) is 0. The average molecular weight is 198 g/mol. The van der Waals surface area contributed by atoms with Gasteiger partial charge in [-0.3, -0.25) is 0 Å². The first kappa shape index (κ1) is 12.0. The average Bonchev–Trinajstić information content (AvgIpc) is 2.16. The highest BCUT2D eigenvalue weighted by Gasteiger charge is 2.06. The van der Waals surface area contributed by atoms with Crippen molar-refractivity contribution < 1.29 is 9.53 Å². The maximum Gasteiger partial charge on any atom is 0.334 e. The summed E-state index contributed by atoms with van der Waals surface area (Å²) in [6.45, 7) is 7.15. The van der Waals surface area contributed by atoms with E-state index in [1.54, 1.807) is 17.6 Å². The Labute approximate surface area is 83.4 Å². The highest BCUT2D eigenvalue weighted by atomic mass is 32.2. The van der Waals surface area contributed by atoms with E-state index in [0.29, 0.717) is 12.0 Å². The lowest BCUT2D eigenvalue weighted by Crippen LogP contribution is -2.03. The highest BCUT2D eigenvalue weighted by molar-refractivity contribution is 8.02. The molecule has 0 rings (SSSR count). The van der Waals surface area contributed by atoms with E-state index in [9.17, 15) is 4.79 Å². The fraction of sp³-hybridized carbons (Fsp3) is 0.300. The molecule has 0 aromatic heterocycles. The monoisotopic (exact) mass is 198 g/mol. The van der Waals surface area contributed by atoms with Crippen LogP contribution in [-0.2, 0) is 9.53 Å². The lowest BCUT2D eigenvalue weighted by atomic mass is 10.2. The minimum Gasteiger partial charge on any atom is -0.466 e. The summed E-state index contributed by atoms with van der Waals surface area (Å²) in [6.07, 6.45) is 4.00. The molecule has 0 fully saturated rings. The smallest absolute Gasteiger partial charge is 0.334 e. The summed E-state index contributed by atoms with van der Waals surface area (Å²) in [5, 5.41) is 1.79. The molecule has 0 radical (unpaired) electrons. The zero-order valence-corrected chi connectivity index (χ0v) is 8.60. The van der Waals surface area contributed by atoms with Crippen LogP contribution in [0, 0.1) is 0 Å². The molecule has 0 amide bonds. The van der Waals surface area contributed by atoms with Crippen LogP contribution < -0.4 is 0 Å². The molecular weight excluding hydrogens is 184 g/mol. The number of thioether (sulfide) groups is 1. The van der Waals surface area contributed by atoms with Crippen LogP contribution in [0.3, 0.4) is 0 Å². The molecule has 0 spiro atoms. The first-order chi connectivity index (χ1) is 6.26. The molecule has 3 heteroatoms. The van der Waals surface area contributed by atoms with Gasteiger partial charge < -0.3 is 4.74 Å². The second-order valence-corrected chi connectivity index (χ2v) is 3.15. The van der Waals surface area contributed by atoms with Gasteiger partial charge in [-0.15, -0.1) is 24.9 Å². The molecule has 0 aliphatic rings. The van der Waals surface area contributed by atoms with Gasteiger partial charge in [0.05, 0.1) is 7.11 Å². The Morgan fingerprint density at radius 2 is 2.15 bits per heavy atom. The van der Waals surface area contributed by atoms with Crippen molar-refractivity contribution in [1.29, 1.82) is 0 Å². The highest BCUT2D eigenvalue weighted by Crippen LogP contribution is 2.12. The van der Waals surface area contributed by atoms with Crippen molar-refractivity contribution >= 4 is 17.7 Å². The van der Waals surface area contributed by atoms with Crippen LogP contribution in [0.25, 0.3) is 0 Å². The van der Waals surface area contributed by atoms with E-state index in [2.05, 4.69) is 17.9 Å². The fourth-order valence-corrected chi connectivity index (χ4v) is 1.31. The number of esters is 1. The van der Waals surface area contributed by atoms with Crippen LogP contribution in [-0.4, -0.2) is 18.8 Å². The van der Waals surface area contributed by atoms with Gasteiger partial charge in [-0.2, -0.15) is 0 Å². The van der Waals surface area contributed by atoms with Gasteiger partial charge in [0.25, 0.3) is 0 Å². The minimum atomic E-state index is -0.295. The number of hydrogen-bond donors (Lipinski definition) is 0. The van der Waals surface area contributed by atoms with Gasteiger partial charge in [-0.1, -0.05) is 12.2 Å². The molecule has 0 atom stereocenters. The number of rotatable bonds is 6. The molecule has 72 valence electrons. The summed E-state index contributed by atoms with van der Waals surface area (Å²) in [5.74, 6) is 0.494. The Bertz CT molecular complexity index is 219. The molecule has 0 aromatic carbocycles. The van der Waals surface area contributed by atoms with Gasteiger partial charge >= 0.3 is 5.97 Å². The summed E-state index contributed by atoms with van der Waals surface area (Å²) in [7, 11) is 1.37. The predicted molar refractivity (Wildman–Crippen MR) is 57.6 cm³/mol. The van der Waals surface area contributed by atoms with Gasteiger partial charge in [0.2, 0.25) is 0 Å². The van der Waals surface area contributed by atoms with Gasteiger partial charge in [-0.25, -0.2) is 4.79 Å². The largest absolute Gasteiger partial charge is 0.466 e. The third-order valence-electron chi connectivity index (χ3n) is 1.25. The lowest BCUT2D eigenvalue weighted by molar-refractivity contribution is -0.136. The van der Waals surface area contributed by atoms with Gasteiger partial charge in [0.1, 0.15) is 0 Å².